The number of carbonyl (C=O) groups excluding carboxylic acids is 2. The standard InChI is InChI=1S/C13H20ClNO5/c1-13(2,3)20-11(17)5-9(12(18)19)15-7-8(6-14)4-10(15)16/h8-9H,4-7H2,1-3H3,(H,18,19)/t8?,9-/m0/s1. The van der Waals surface area contributed by atoms with E-state index in [2.05, 4.69) is 0 Å². The summed E-state index contributed by atoms with van der Waals surface area (Å²) in [5, 5.41) is 9.22. The van der Waals surface area contributed by atoms with Gasteiger partial charge in [0.2, 0.25) is 5.91 Å². The molecule has 1 unspecified atom stereocenters. The molecule has 7 heteroatoms. The molecule has 1 saturated heterocycles. The molecule has 0 bridgehead atoms. The van der Waals surface area contributed by atoms with Crippen LogP contribution in [0, 0.1) is 5.92 Å². The van der Waals surface area contributed by atoms with Crippen LogP contribution in [0.15, 0.2) is 0 Å². The Morgan fingerprint density at radius 1 is 1.50 bits per heavy atom. The molecule has 6 nitrogen and oxygen atoms in total. The summed E-state index contributed by atoms with van der Waals surface area (Å²) in [6.45, 7) is 5.36. The molecule has 0 aromatic heterocycles. The minimum atomic E-state index is -1.21. The average Bonchev–Trinajstić information content (AvgIpc) is 2.64. The van der Waals surface area contributed by atoms with Crippen molar-refractivity contribution in [2.75, 3.05) is 12.4 Å². The lowest BCUT2D eigenvalue weighted by molar-refractivity contribution is -0.161. The van der Waals surface area contributed by atoms with Crippen LogP contribution in [-0.4, -0.2) is 51.9 Å². The van der Waals surface area contributed by atoms with Gasteiger partial charge in [0.1, 0.15) is 11.6 Å². The monoisotopic (exact) mass is 305 g/mol. The van der Waals surface area contributed by atoms with Crippen molar-refractivity contribution in [3.8, 4) is 0 Å². The maximum Gasteiger partial charge on any atom is 0.327 e. The number of hydrogen-bond acceptors (Lipinski definition) is 4. The van der Waals surface area contributed by atoms with E-state index in [4.69, 9.17) is 16.3 Å². The van der Waals surface area contributed by atoms with Crippen molar-refractivity contribution in [2.24, 2.45) is 5.92 Å². The van der Waals surface area contributed by atoms with Crippen LogP contribution >= 0.6 is 11.6 Å². The van der Waals surface area contributed by atoms with E-state index in [1.165, 1.54) is 4.90 Å². The minimum Gasteiger partial charge on any atom is -0.480 e. The van der Waals surface area contributed by atoms with E-state index in [0.29, 0.717) is 5.88 Å². The summed E-state index contributed by atoms with van der Waals surface area (Å²) in [5.41, 5.74) is -0.687. The van der Waals surface area contributed by atoms with Gasteiger partial charge in [-0.1, -0.05) is 0 Å². The van der Waals surface area contributed by atoms with Gasteiger partial charge in [0.05, 0.1) is 6.42 Å². The van der Waals surface area contributed by atoms with Crippen molar-refractivity contribution in [3.05, 3.63) is 0 Å². The first-order valence-electron chi connectivity index (χ1n) is 6.44. The third-order valence-corrected chi connectivity index (χ3v) is 3.33. The highest BCUT2D eigenvalue weighted by molar-refractivity contribution is 6.18. The van der Waals surface area contributed by atoms with Crippen molar-refractivity contribution in [1.29, 1.82) is 0 Å². The molecule has 1 aliphatic heterocycles. The summed E-state index contributed by atoms with van der Waals surface area (Å²) in [5.74, 6) is -1.90. The normalized spacial score (nSPS) is 20.9. The molecule has 0 aliphatic carbocycles. The van der Waals surface area contributed by atoms with E-state index in [1.807, 2.05) is 0 Å². The van der Waals surface area contributed by atoms with Gasteiger partial charge in [-0.15, -0.1) is 11.6 Å². The first-order chi connectivity index (χ1) is 9.14. The number of halogens is 1. The van der Waals surface area contributed by atoms with Crippen molar-refractivity contribution in [1.82, 2.24) is 4.90 Å². The Kier molecular flexibility index (Phi) is 5.39. The van der Waals surface area contributed by atoms with E-state index in [0.717, 1.165) is 0 Å². The molecule has 1 aliphatic rings. The summed E-state index contributed by atoms with van der Waals surface area (Å²) >= 11 is 5.70. The van der Waals surface area contributed by atoms with Crippen LogP contribution in [-0.2, 0) is 19.1 Å². The second-order valence-electron chi connectivity index (χ2n) is 5.92. The number of aliphatic carboxylic acids is 1. The second-order valence-corrected chi connectivity index (χ2v) is 6.22. The number of hydrogen-bond donors (Lipinski definition) is 1. The quantitative estimate of drug-likeness (QED) is 0.610. The fourth-order valence-electron chi connectivity index (χ4n) is 2.09. The SMILES string of the molecule is CC(C)(C)OC(=O)C[C@@H](C(=O)O)N1CC(CCl)CC1=O. The van der Waals surface area contributed by atoms with Gasteiger partial charge >= 0.3 is 11.9 Å². The third-order valence-electron chi connectivity index (χ3n) is 2.90. The van der Waals surface area contributed by atoms with Crippen molar-refractivity contribution in [3.63, 3.8) is 0 Å². The zero-order chi connectivity index (χ0) is 15.5. The number of likely N-dealkylation sites (tertiary alicyclic amines) is 1. The number of amides is 1. The van der Waals surface area contributed by atoms with Gasteiger partial charge in [-0.3, -0.25) is 9.59 Å². The number of esters is 1. The summed E-state index contributed by atoms with van der Waals surface area (Å²) in [4.78, 5) is 36.0. The van der Waals surface area contributed by atoms with Crippen molar-refractivity contribution in [2.45, 2.75) is 45.3 Å². The predicted molar refractivity (Wildman–Crippen MR) is 72.4 cm³/mol. The molecule has 2 atom stereocenters. The predicted octanol–water partition coefficient (Wildman–Crippen LogP) is 1.26. The molecule has 0 spiro atoms. The fraction of sp³-hybridized carbons (Fsp3) is 0.769. The number of alkyl halides is 1. The lowest BCUT2D eigenvalue weighted by Crippen LogP contribution is -2.44. The molecule has 0 radical (unpaired) electrons. The van der Waals surface area contributed by atoms with E-state index in [1.54, 1.807) is 20.8 Å². The summed E-state index contributed by atoms with van der Waals surface area (Å²) in [6, 6.07) is -1.19. The maximum atomic E-state index is 11.8. The topological polar surface area (TPSA) is 83.9 Å². The van der Waals surface area contributed by atoms with Crippen LogP contribution in [0.2, 0.25) is 0 Å². The maximum absolute atomic E-state index is 11.8. The van der Waals surface area contributed by atoms with Crippen LogP contribution < -0.4 is 0 Å². The molecule has 114 valence electrons. The summed E-state index contributed by atoms with van der Waals surface area (Å²) in [7, 11) is 0. The lowest BCUT2D eigenvalue weighted by atomic mass is 10.1. The molecule has 1 fully saturated rings. The Balaban J connectivity index is 2.73. The van der Waals surface area contributed by atoms with Crippen molar-refractivity contribution < 1.29 is 24.2 Å². The highest BCUT2D eigenvalue weighted by atomic mass is 35.5. The van der Waals surface area contributed by atoms with E-state index in [9.17, 15) is 19.5 Å². The first-order valence-corrected chi connectivity index (χ1v) is 6.97. The Labute approximate surface area is 123 Å². The minimum absolute atomic E-state index is 0.0651. The highest BCUT2D eigenvalue weighted by Crippen LogP contribution is 2.23. The highest BCUT2D eigenvalue weighted by Gasteiger charge is 2.39. The summed E-state index contributed by atoms with van der Waals surface area (Å²) < 4.78 is 5.10. The summed E-state index contributed by atoms with van der Waals surface area (Å²) in [6.07, 6.45) is -0.130. The average molecular weight is 306 g/mol. The van der Waals surface area contributed by atoms with Crippen LogP contribution in [0.1, 0.15) is 33.6 Å². The number of ether oxygens (including phenoxy) is 1. The molecular weight excluding hydrogens is 286 g/mol. The van der Waals surface area contributed by atoms with Gasteiger partial charge in [-0.25, -0.2) is 4.79 Å². The zero-order valence-corrected chi connectivity index (χ0v) is 12.6. The number of nitrogens with zero attached hydrogens (tertiary/aromatic N) is 1. The lowest BCUT2D eigenvalue weighted by Gasteiger charge is -2.26. The number of carboxylic acids is 1. The van der Waals surface area contributed by atoms with Crippen molar-refractivity contribution >= 4 is 29.4 Å². The van der Waals surface area contributed by atoms with E-state index in [-0.39, 0.29) is 31.2 Å². The molecule has 0 saturated carbocycles. The molecular formula is C13H20ClNO5. The van der Waals surface area contributed by atoms with Gasteiger partial charge < -0.3 is 14.7 Å². The Morgan fingerprint density at radius 2 is 2.10 bits per heavy atom. The molecule has 0 aromatic carbocycles. The van der Waals surface area contributed by atoms with Gasteiger partial charge in [0.15, 0.2) is 0 Å². The number of rotatable bonds is 5. The molecule has 1 heterocycles. The molecule has 1 N–H and O–H groups in total. The second kappa shape index (κ2) is 6.43. The third kappa shape index (κ3) is 4.67. The van der Waals surface area contributed by atoms with Gasteiger partial charge in [-0.05, 0) is 26.7 Å². The van der Waals surface area contributed by atoms with Crippen LogP contribution in [0.4, 0.5) is 0 Å². The number of carbonyl (C=O) groups is 3. The first kappa shape index (κ1) is 16.8. The van der Waals surface area contributed by atoms with Gasteiger partial charge in [0.25, 0.3) is 0 Å². The largest absolute Gasteiger partial charge is 0.480 e. The van der Waals surface area contributed by atoms with E-state index < -0.39 is 23.6 Å². The molecule has 20 heavy (non-hydrogen) atoms. The number of carboxylic acid groups (broad SMARTS) is 1. The zero-order valence-electron chi connectivity index (χ0n) is 11.9. The van der Waals surface area contributed by atoms with E-state index >= 15 is 0 Å². The Morgan fingerprint density at radius 3 is 2.50 bits per heavy atom. The van der Waals surface area contributed by atoms with Crippen LogP contribution in [0.5, 0.6) is 0 Å². The van der Waals surface area contributed by atoms with Gasteiger partial charge in [-0.2, -0.15) is 0 Å². The Bertz CT molecular complexity index is 404. The molecule has 1 amide bonds. The molecule has 0 aromatic rings. The Hall–Kier alpha value is -1.30. The smallest absolute Gasteiger partial charge is 0.327 e. The fourth-order valence-corrected chi connectivity index (χ4v) is 2.29. The van der Waals surface area contributed by atoms with Crippen LogP contribution in [0.3, 0.4) is 0 Å². The van der Waals surface area contributed by atoms with Gasteiger partial charge in [0, 0.05) is 18.8 Å². The molecule has 1 rings (SSSR count). The van der Waals surface area contributed by atoms with Crippen LogP contribution in [0.25, 0.3) is 0 Å².